The van der Waals surface area contributed by atoms with E-state index in [4.69, 9.17) is 11.6 Å². The summed E-state index contributed by atoms with van der Waals surface area (Å²) in [7, 11) is -3.44. The predicted molar refractivity (Wildman–Crippen MR) is 79.2 cm³/mol. The molecule has 1 saturated heterocycles. The Kier molecular flexibility index (Phi) is 4.85. The highest BCUT2D eigenvalue weighted by atomic mass is 35.5. The van der Waals surface area contributed by atoms with Gasteiger partial charge >= 0.3 is 0 Å². The molecule has 0 radical (unpaired) electrons. The van der Waals surface area contributed by atoms with Crippen LogP contribution >= 0.6 is 11.6 Å². The summed E-state index contributed by atoms with van der Waals surface area (Å²) in [5.41, 5.74) is 0.338. The van der Waals surface area contributed by atoms with Gasteiger partial charge in [-0.05, 0) is 31.0 Å². The van der Waals surface area contributed by atoms with E-state index < -0.39 is 27.8 Å². The van der Waals surface area contributed by atoms with Crippen LogP contribution in [0.2, 0.25) is 5.02 Å². The molecule has 1 aromatic carbocycles. The lowest BCUT2D eigenvalue weighted by atomic mass is 10.0. The Morgan fingerprint density at radius 3 is 2.76 bits per heavy atom. The largest absolute Gasteiger partial charge is 0.325 e. The minimum absolute atomic E-state index is 0.101. The van der Waals surface area contributed by atoms with Crippen LogP contribution in [0.5, 0.6) is 0 Å². The van der Waals surface area contributed by atoms with Gasteiger partial charge in [0.2, 0.25) is 15.9 Å². The molecule has 0 bridgehead atoms. The van der Waals surface area contributed by atoms with Crippen molar-refractivity contribution >= 4 is 33.2 Å². The van der Waals surface area contributed by atoms with E-state index in [2.05, 4.69) is 5.32 Å². The van der Waals surface area contributed by atoms with Crippen molar-refractivity contribution in [2.75, 3.05) is 18.1 Å². The number of hydrogen-bond acceptors (Lipinski definition) is 3. The third kappa shape index (κ3) is 3.93. The fourth-order valence-electron chi connectivity index (χ4n) is 2.36. The second kappa shape index (κ2) is 6.29. The zero-order chi connectivity index (χ0) is 15.6. The Bertz CT molecular complexity index is 651. The van der Waals surface area contributed by atoms with E-state index in [0.29, 0.717) is 18.7 Å². The summed E-state index contributed by atoms with van der Waals surface area (Å²) in [6.45, 7) is 0.334. The lowest BCUT2D eigenvalue weighted by Gasteiger charge is -2.32. The van der Waals surface area contributed by atoms with Gasteiger partial charge in [-0.1, -0.05) is 18.0 Å². The number of nitrogens with zero attached hydrogens (tertiary/aromatic N) is 1. The van der Waals surface area contributed by atoms with Gasteiger partial charge in [0.25, 0.3) is 0 Å². The molecule has 1 aliphatic heterocycles. The van der Waals surface area contributed by atoms with Crippen molar-refractivity contribution in [2.24, 2.45) is 0 Å². The molecular formula is C13H16ClFN2O3S. The molecule has 1 atom stereocenters. The van der Waals surface area contributed by atoms with E-state index in [1.165, 1.54) is 16.4 Å². The molecule has 2 rings (SSSR count). The van der Waals surface area contributed by atoms with Gasteiger partial charge in [-0.25, -0.2) is 12.8 Å². The molecule has 1 aromatic rings. The highest BCUT2D eigenvalue weighted by Crippen LogP contribution is 2.23. The summed E-state index contributed by atoms with van der Waals surface area (Å²) in [5.74, 6) is -1.01. The topological polar surface area (TPSA) is 66.5 Å². The number of piperidine rings is 1. The normalized spacial score (nSPS) is 20.2. The van der Waals surface area contributed by atoms with Crippen molar-refractivity contribution in [1.82, 2.24) is 4.31 Å². The van der Waals surface area contributed by atoms with Crippen molar-refractivity contribution in [3.63, 3.8) is 0 Å². The molecule has 1 fully saturated rings. The van der Waals surface area contributed by atoms with Crippen LogP contribution in [-0.4, -0.2) is 37.5 Å². The minimum atomic E-state index is -3.44. The van der Waals surface area contributed by atoms with Crippen molar-refractivity contribution in [3.8, 4) is 0 Å². The molecule has 5 nitrogen and oxygen atoms in total. The van der Waals surface area contributed by atoms with Crippen LogP contribution < -0.4 is 5.32 Å². The number of nitrogens with one attached hydrogen (secondary N) is 1. The molecule has 8 heteroatoms. The number of benzene rings is 1. The van der Waals surface area contributed by atoms with Crippen LogP contribution in [-0.2, 0) is 14.8 Å². The Morgan fingerprint density at radius 2 is 2.14 bits per heavy atom. The number of halogens is 2. The number of amides is 1. The Morgan fingerprint density at radius 1 is 1.43 bits per heavy atom. The second-order valence-corrected chi connectivity index (χ2v) is 7.35. The van der Waals surface area contributed by atoms with Crippen molar-refractivity contribution in [3.05, 3.63) is 29.0 Å². The van der Waals surface area contributed by atoms with Crippen molar-refractivity contribution < 1.29 is 17.6 Å². The summed E-state index contributed by atoms with van der Waals surface area (Å²) >= 11 is 5.65. The molecule has 0 aliphatic carbocycles. The van der Waals surface area contributed by atoms with Gasteiger partial charge in [-0.2, -0.15) is 4.31 Å². The number of carbonyl (C=O) groups is 1. The lowest BCUT2D eigenvalue weighted by Crippen LogP contribution is -2.49. The van der Waals surface area contributed by atoms with Crippen LogP contribution in [0.3, 0.4) is 0 Å². The van der Waals surface area contributed by atoms with Gasteiger partial charge in [0, 0.05) is 12.2 Å². The Balaban J connectivity index is 2.16. The van der Waals surface area contributed by atoms with Crippen molar-refractivity contribution in [1.29, 1.82) is 0 Å². The molecular weight excluding hydrogens is 319 g/mol. The quantitative estimate of drug-likeness (QED) is 0.921. The summed E-state index contributed by atoms with van der Waals surface area (Å²) in [4.78, 5) is 12.3. The first kappa shape index (κ1) is 16.2. The van der Waals surface area contributed by atoms with Crippen molar-refractivity contribution in [2.45, 2.75) is 25.3 Å². The summed E-state index contributed by atoms with van der Waals surface area (Å²) in [6, 6.07) is 3.08. The van der Waals surface area contributed by atoms with Gasteiger partial charge in [0.15, 0.2) is 0 Å². The highest BCUT2D eigenvalue weighted by molar-refractivity contribution is 7.88. The summed E-state index contributed by atoms with van der Waals surface area (Å²) in [5, 5.41) is 2.49. The van der Waals surface area contributed by atoms with Gasteiger partial charge in [0.05, 0.1) is 11.3 Å². The smallest absolute Gasteiger partial charge is 0.242 e. The molecule has 21 heavy (non-hydrogen) atoms. The molecule has 0 aromatic heterocycles. The fraction of sp³-hybridized carbons (Fsp3) is 0.462. The average Bonchev–Trinajstić information content (AvgIpc) is 2.42. The van der Waals surface area contributed by atoms with E-state index in [1.807, 2.05) is 0 Å². The van der Waals surface area contributed by atoms with Gasteiger partial charge < -0.3 is 5.32 Å². The molecule has 0 spiro atoms. The minimum Gasteiger partial charge on any atom is -0.325 e. The molecule has 0 unspecified atom stereocenters. The van der Waals surface area contributed by atoms with Gasteiger partial charge in [-0.3, -0.25) is 4.79 Å². The zero-order valence-corrected chi connectivity index (χ0v) is 13.0. The SMILES string of the molecule is CS(=O)(=O)N1CCCC[C@@H]1C(=O)Nc1ccc(F)c(Cl)c1. The Hall–Kier alpha value is -1.18. The first-order chi connectivity index (χ1) is 9.79. The molecule has 1 amide bonds. The van der Waals surface area contributed by atoms with Crippen LogP contribution in [0, 0.1) is 5.82 Å². The van der Waals surface area contributed by atoms with Gasteiger partial charge in [0.1, 0.15) is 11.9 Å². The number of anilines is 1. The van der Waals surface area contributed by atoms with Crippen LogP contribution in [0.4, 0.5) is 10.1 Å². The molecule has 1 N–H and O–H groups in total. The second-order valence-electron chi connectivity index (χ2n) is 5.00. The number of carbonyl (C=O) groups excluding carboxylic acids is 1. The lowest BCUT2D eigenvalue weighted by molar-refractivity contribution is -0.120. The average molecular weight is 335 g/mol. The number of sulfonamides is 1. The summed E-state index contributed by atoms with van der Waals surface area (Å²) < 4.78 is 37.7. The van der Waals surface area contributed by atoms with Crippen LogP contribution in [0.1, 0.15) is 19.3 Å². The van der Waals surface area contributed by atoms with Crippen LogP contribution in [0.15, 0.2) is 18.2 Å². The maximum atomic E-state index is 13.1. The molecule has 1 heterocycles. The standard InChI is InChI=1S/C13H16ClFN2O3S/c1-21(19,20)17-7-3-2-4-12(17)13(18)16-9-5-6-11(15)10(14)8-9/h5-6,8,12H,2-4,7H2,1H3,(H,16,18)/t12-/m1/s1. The fourth-order valence-corrected chi connectivity index (χ4v) is 3.67. The van der Waals surface area contributed by atoms with E-state index in [0.717, 1.165) is 25.2 Å². The number of rotatable bonds is 3. The highest BCUT2D eigenvalue weighted by Gasteiger charge is 2.34. The monoisotopic (exact) mass is 334 g/mol. The Labute approximate surface area is 128 Å². The van der Waals surface area contributed by atoms with Gasteiger partial charge in [-0.15, -0.1) is 0 Å². The maximum Gasteiger partial charge on any atom is 0.242 e. The molecule has 0 saturated carbocycles. The van der Waals surface area contributed by atoms with E-state index >= 15 is 0 Å². The maximum absolute atomic E-state index is 13.1. The number of hydrogen-bond donors (Lipinski definition) is 1. The van der Waals surface area contributed by atoms with Crippen LogP contribution in [0.25, 0.3) is 0 Å². The molecule has 1 aliphatic rings. The third-order valence-electron chi connectivity index (χ3n) is 3.37. The first-order valence-corrected chi connectivity index (χ1v) is 8.74. The van der Waals surface area contributed by atoms with E-state index in [1.54, 1.807) is 0 Å². The predicted octanol–water partition coefficient (Wildman–Crippen LogP) is 2.23. The zero-order valence-electron chi connectivity index (χ0n) is 11.5. The summed E-state index contributed by atoms with van der Waals surface area (Å²) in [6.07, 6.45) is 3.08. The third-order valence-corrected chi connectivity index (χ3v) is 4.95. The molecule has 116 valence electrons. The first-order valence-electron chi connectivity index (χ1n) is 6.52. The van der Waals surface area contributed by atoms with E-state index in [-0.39, 0.29) is 5.02 Å². The van der Waals surface area contributed by atoms with E-state index in [9.17, 15) is 17.6 Å².